The highest BCUT2D eigenvalue weighted by Crippen LogP contribution is 2.18. The van der Waals surface area contributed by atoms with Crippen LogP contribution in [0.25, 0.3) is 11.5 Å². The molecule has 0 spiro atoms. The van der Waals surface area contributed by atoms with Crippen LogP contribution < -0.4 is 10.6 Å². The van der Waals surface area contributed by atoms with Crippen LogP contribution in [0, 0.1) is 0 Å². The standard InChI is InChI=1S/C19H19N3O6/c1-2-26-18(24)14-9-20-19(25)22-15(14)11-27-16(23)8-13-10-28-17(21-13)12-6-4-3-5-7-12/h3-7,10H,2,8-9,11H2,1H3,(H2,20,22,25). The lowest BCUT2D eigenvalue weighted by atomic mass is 10.1. The van der Waals surface area contributed by atoms with Crippen LogP contribution in [-0.4, -0.2) is 42.7 Å². The van der Waals surface area contributed by atoms with Gasteiger partial charge in [-0.2, -0.15) is 0 Å². The van der Waals surface area contributed by atoms with Crippen molar-refractivity contribution in [2.24, 2.45) is 0 Å². The molecule has 2 amide bonds. The summed E-state index contributed by atoms with van der Waals surface area (Å²) in [6, 6.07) is 8.80. The molecule has 0 saturated heterocycles. The zero-order chi connectivity index (χ0) is 19.9. The van der Waals surface area contributed by atoms with E-state index in [0.29, 0.717) is 11.6 Å². The van der Waals surface area contributed by atoms with Crippen molar-refractivity contribution in [3.63, 3.8) is 0 Å². The van der Waals surface area contributed by atoms with E-state index in [1.807, 2.05) is 30.3 Å². The van der Waals surface area contributed by atoms with Crippen molar-refractivity contribution >= 4 is 18.0 Å². The van der Waals surface area contributed by atoms with E-state index < -0.39 is 18.0 Å². The number of urea groups is 1. The summed E-state index contributed by atoms with van der Waals surface area (Å²) in [5.74, 6) is -0.747. The third kappa shape index (κ3) is 4.76. The molecule has 0 saturated carbocycles. The summed E-state index contributed by atoms with van der Waals surface area (Å²) in [6.45, 7) is 1.61. The Hall–Kier alpha value is -3.62. The smallest absolute Gasteiger partial charge is 0.337 e. The van der Waals surface area contributed by atoms with Crippen molar-refractivity contribution in [2.45, 2.75) is 13.3 Å². The molecular weight excluding hydrogens is 366 g/mol. The van der Waals surface area contributed by atoms with E-state index in [4.69, 9.17) is 13.9 Å². The van der Waals surface area contributed by atoms with Gasteiger partial charge in [0.25, 0.3) is 0 Å². The average Bonchev–Trinajstić information content (AvgIpc) is 3.15. The molecule has 1 aromatic carbocycles. The largest absolute Gasteiger partial charge is 0.463 e. The van der Waals surface area contributed by atoms with Gasteiger partial charge in [-0.05, 0) is 19.1 Å². The number of carbonyl (C=O) groups is 3. The average molecular weight is 385 g/mol. The van der Waals surface area contributed by atoms with Crippen molar-refractivity contribution in [2.75, 3.05) is 19.8 Å². The number of hydrogen-bond acceptors (Lipinski definition) is 7. The Kier molecular flexibility index (Phi) is 6.05. The molecule has 3 rings (SSSR count). The molecule has 1 aromatic heterocycles. The number of nitrogens with one attached hydrogen (secondary N) is 2. The summed E-state index contributed by atoms with van der Waals surface area (Å²) >= 11 is 0. The Morgan fingerprint density at radius 2 is 2.00 bits per heavy atom. The number of benzene rings is 1. The summed E-state index contributed by atoms with van der Waals surface area (Å²) in [7, 11) is 0. The monoisotopic (exact) mass is 385 g/mol. The van der Waals surface area contributed by atoms with Crippen molar-refractivity contribution in [3.8, 4) is 11.5 Å². The fourth-order valence-corrected chi connectivity index (χ4v) is 2.52. The van der Waals surface area contributed by atoms with Gasteiger partial charge < -0.3 is 24.5 Å². The highest BCUT2D eigenvalue weighted by atomic mass is 16.5. The van der Waals surface area contributed by atoms with Gasteiger partial charge in [0, 0.05) is 5.56 Å². The van der Waals surface area contributed by atoms with Gasteiger partial charge in [0.15, 0.2) is 0 Å². The van der Waals surface area contributed by atoms with E-state index in [-0.39, 0.29) is 37.4 Å². The zero-order valence-corrected chi connectivity index (χ0v) is 15.2. The third-order valence-electron chi connectivity index (χ3n) is 3.85. The molecule has 0 atom stereocenters. The van der Waals surface area contributed by atoms with E-state index >= 15 is 0 Å². The van der Waals surface area contributed by atoms with Crippen LogP contribution in [0.3, 0.4) is 0 Å². The van der Waals surface area contributed by atoms with Crippen LogP contribution in [0.4, 0.5) is 4.79 Å². The van der Waals surface area contributed by atoms with E-state index in [1.165, 1.54) is 6.26 Å². The van der Waals surface area contributed by atoms with Crippen LogP contribution >= 0.6 is 0 Å². The third-order valence-corrected chi connectivity index (χ3v) is 3.85. The minimum absolute atomic E-state index is 0.00126. The predicted molar refractivity (Wildman–Crippen MR) is 96.8 cm³/mol. The number of rotatable bonds is 7. The maximum absolute atomic E-state index is 12.1. The Balaban J connectivity index is 1.61. The van der Waals surface area contributed by atoms with Crippen LogP contribution in [0.1, 0.15) is 12.6 Å². The molecule has 9 heteroatoms. The lowest BCUT2D eigenvalue weighted by Gasteiger charge is -2.21. The lowest BCUT2D eigenvalue weighted by Crippen LogP contribution is -2.45. The molecule has 0 unspecified atom stereocenters. The van der Waals surface area contributed by atoms with Crippen LogP contribution in [0.5, 0.6) is 0 Å². The van der Waals surface area contributed by atoms with Gasteiger partial charge in [-0.3, -0.25) is 4.79 Å². The first-order chi connectivity index (χ1) is 13.6. The summed E-state index contributed by atoms with van der Waals surface area (Å²) in [4.78, 5) is 39.8. The summed E-state index contributed by atoms with van der Waals surface area (Å²) in [6.07, 6.45) is 1.28. The minimum Gasteiger partial charge on any atom is -0.463 e. The van der Waals surface area contributed by atoms with Gasteiger partial charge in [-0.15, -0.1) is 0 Å². The molecule has 1 aliphatic rings. The molecule has 0 fully saturated rings. The maximum Gasteiger partial charge on any atom is 0.337 e. The van der Waals surface area contributed by atoms with Crippen molar-refractivity contribution in [1.29, 1.82) is 0 Å². The first-order valence-electron chi connectivity index (χ1n) is 8.66. The topological polar surface area (TPSA) is 120 Å². The summed E-state index contributed by atoms with van der Waals surface area (Å²) in [5, 5.41) is 4.94. The number of aromatic nitrogens is 1. The Labute approximate surface area is 160 Å². The number of oxazole rings is 1. The predicted octanol–water partition coefficient (Wildman–Crippen LogP) is 1.56. The number of amides is 2. The van der Waals surface area contributed by atoms with E-state index in [0.717, 1.165) is 5.56 Å². The normalized spacial score (nSPS) is 13.5. The highest BCUT2D eigenvalue weighted by Gasteiger charge is 2.24. The molecule has 2 aromatic rings. The summed E-state index contributed by atoms with van der Waals surface area (Å²) < 4.78 is 15.5. The molecule has 1 aliphatic heterocycles. The fraction of sp³-hybridized carbons (Fsp3) is 0.263. The Morgan fingerprint density at radius 1 is 1.21 bits per heavy atom. The van der Waals surface area contributed by atoms with Gasteiger partial charge in [-0.25, -0.2) is 14.6 Å². The first-order valence-corrected chi connectivity index (χ1v) is 8.66. The first kappa shape index (κ1) is 19.2. The molecule has 146 valence electrons. The number of nitrogens with zero attached hydrogens (tertiary/aromatic N) is 1. The molecule has 2 N–H and O–H groups in total. The molecule has 0 aliphatic carbocycles. The van der Waals surface area contributed by atoms with Crippen LogP contribution in [0.15, 0.2) is 52.3 Å². The van der Waals surface area contributed by atoms with E-state index in [2.05, 4.69) is 15.6 Å². The molecular formula is C19H19N3O6. The van der Waals surface area contributed by atoms with E-state index in [1.54, 1.807) is 6.92 Å². The second-order valence-corrected chi connectivity index (χ2v) is 5.83. The van der Waals surface area contributed by atoms with Crippen molar-refractivity contribution in [1.82, 2.24) is 15.6 Å². The quantitative estimate of drug-likeness (QED) is 0.694. The second kappa shape index (κ2) is 8.85. The zero-order valence-electron chi connectivity index (χ0n) is 15.2. The SMILES string of the molecule is CCOC(=O)C1=C(COC(=O)Cc2coc(-c3ccccc3)n2)NC(=O)NC1. The molecule has 9 nitrogen and oxygen atoms in total. The molecule has 2 heterocycles. The number of ether oxygens (including phenoxy) is 2. The van der Waals surface area contributed by atoms with Crippen molar-refractivity contribution < 1.29 is 28.3 Å². The summed E-state index contributed by atoms with van der Waals surface area (Å²) in [5.41, 5.74) is 1.62. The highest BCUT2D eigenvalue weighted by molar-refractivity contribution is 5.93. The number of hydrogen-bond donors (Lipinski definition) is 2. The van der Waals surface area contributed by atoms with Gasteiger partial charge in [0.05, 0.1) is 36.5 Å². The molecule has 0 bridgehead atoms. The second-order valence-electron chi connectivity index (χ2n) is 5.83. The maximum atomic E-state index is 12.1. The molecule has 28 heavy (non-hydrogen) atoms. The minimum atomic E-state index is -0.579. The number of esters is 2. The van der Waals surface area contributed by atoms with Crippen molar-refractivity contribution in [3.05, 3.63) is 53.6 Å². The lowest BCUT2D eigenvalue weighted by molar-refractivity contribution is -0.143. The fourth-order valence-electron chi connectivity index (χ4n) is 2.52. The Bertz CT molecular complexity index is 903. The van der Waals surface area contributed by atoms with Crippen LogP contribution in [0.2, 0.25) is 0 Å². The number of carbonyl (C=O) groups excluding carboxylic acids is 3. The van der Waals surface area contributed by atoms with Gasteiger partial charge in [0.2, 0.25) is 5.89 Å². The van der Waals surface area contributed by atoms with E-state index in [9.17, 15) is 14.4 Å². The van der Waals surface area contributed by atoms with Gasteiger partial charge >= 0.3 is 18.0 Å². The Morgan fingerprint density at radius 3 is 2.75 bits per heavy atom. The van der Waals surface area contributed by atoms with Gasteiger partial charge in [-0.1, -0.05) is 18.2 Å². The molecule has 0 radical (unpaired) electrons. The van der Waals surface area contributed by atoms with Gasteiger partial charge in [0.1, 0.15) is 12.9 Å². The van der Waals surface area contributed by atoms with Crippen LogP contribution in [-0.2, 0) is 25.5 Å².